The molecule has 3 nitrogen and oxygen atoms in total. The number of aromatic nitrogens is 2. The fraction of sp³-hybridized carbons (Fsp3) is 0.267. The van der Waals surface area contributed by atoms with E-state index < -0.39 is 0 Å². The van der Waals surface area contributed by atoms with Crippen LogP contribution in [0.4, 0.5) is 0 Å². The van der Waals surface area contributed by atoms with Gasteiger partial charge in [-0.3, -0.25) is 0 Å². The molecule has 3 rings (SSSR count). The molecule has 0 radical (unpaired) electrons. The van der Waals surface area contributed by atoms with Crippen molar-refractivity contribution in [3.63, 3.8) is 0 Å². The highest BCUT2D eigenvalue weighted by molar-refractivity contribution is 7.09. The van der Waals surface area contributed by atoms with Crippen molar-refractivity contribution in [2.45, 2.75) is 25.9 Å². The first-order valence-electron chi connectivity index (χ1n) is 6.66. The highest BCUT2D eigenvalue weighted by Crippen LogP contribution is 2.24. The third-order valence-electron chi connectivity index (χ3n) is 3.43. The van der Waals surface area contributed by atoms with Crippen LogP contribution in [-0.4, -0.2) is 9.97 Å². The van der Waals surface area contributed by atoms with E-state index in [0.29, 0.717) is 6.04 Å². The van der Waals surface area contributed by atoms with Gasteiger partial charge in [-0.05, 0) is 24.1 Å². The lowest BCUT2D eigenvalue weighted by molar-refractivity contribution is 0.518. The zero-order valence-corrected chi connectivity index (χ0v) is 12.8. The molecule has 0 spiro atoms. The second-order valence-corrected chi connectivity index (χ2v) is 6.08. The Morgan fingerprint density at radius 2 is 2.35 bits per heavy atom. The summed E-state index contributed by atoms with van der Waals surface area (Å²) in [6.07, 6.45) is 4.93. The Balaban J connectivity index is 1.76. The van der Waals surface area contributed by atoms with Crippen molar-refractivity contribution in [2.24, 2.45) is 0 Å². The number of fused-ring (bicyclic) bond motifs is 1. The van der Waals surface area contributed by atoms with Crippen molar-refractivity contribution in [1.82, 2.24) is 15.3 Å². The molecule has 2 aromatic heterocycles. The van der Waals surface area contributed by atoms with Crippen LogP contribution < -0.4 is 5.32 Å². The molecule has 0 amide bonds. The van der Waals surface area contributed by atoms with E-state index in [0.717, 1.165) is 28.5 Å². The standard InChI is InChI=1S/C15H16ClN3S/c1-2-13(15-17-5-6-20-15)18-8-10-9-19-14-7-11(16)3-4-12(10)14/h3-7,9,13,18-19H,2,8H2,1H3. The van der Waals surface area contributed by atoms with Crippen LogP contribution in [-0.2, 0) is 6.54 Å². The number of aromatic amines is 1. The van der Waals surface area contributed by atoms with Gasteiger partial charge in [0.2, 0.25) is 0 Å². The molecule has 3 aromatic rings. The molecule has 0 aliphatic rings. The fourth-order valence-corrected chi connectivity index (χ4v) is 3.32. The summed E-state index contributed by atoms with van der Waals surface area (Å²) >= 11 is 7.70. The average molecular weight is 306 g/mol. The zero-order valence-electron chi connectivity index (χ0n) is 11.2. The molecular formula is C15H16ClN3S. The first kappa shape index (κ1) is 13.6. The quantitative estimate of drug-likeness (QED) is 0.727. The molecule has 2 heterocycles. The molecule has 1 unspecified atom stereocenters. The predicted molar refractivity (Wildman–Crippen MR) is 85.3 cm³/mol. The van der Waals surface area contributed by atoms with E-state index in [1.165, 1.54) is 10.9 Å². The molecule has 0 saturated carbocycles. The lowest BCUT2D eigenvalue weighted by Crippen LogP contribution is -2.19. The van der Waals surface area contributed by atoms with Crippen LogP contribution in [0.2, 0.25) is 5.02 Å². The number of rotatable bonds is 5. The van der Waals surface area contributed by atoms with Crippen LogP contribution in [0.25, 0.3) is 10.9 Å². The first-order valence-corrected chi connectivity index (χ1v) is 7.92. The Kier molecular flexibility index (Phi) is 4.05. The summed E-state index contributed by atoms with van der Waals surface area (Å²) in [6, 6.07) is 6.26. The van der Waals surface area contributed by atoms with E-state index in [9.17, 15) is 0 Å². The first-order chi connectivity index (χ1) is 9.78. The third-order valence-corrected chi connectivity index (χ3v) is 4.55. The van der Waals surface area contributed by atoms with Crippen molar-refractivity contribution >= 4 is 33.8 Å². The second kappa shape index (κ2) is 5.95. The fourth-order valence-electron chi connectivity index (χ4n) is 2.35. The molecule has 104 valence electrons. The molecule has 5 heteroatoms. The summed E-state index contributed by atoms with van der Waals surface area (Å²) in [7, 11) is 0. The van der Waals surface area contributed by atoms with E-state index in [1.807, 2.05) is 29.9 Å². The summed E-state index contributed by atoms with van der Waals surface area (Å²) < 4.78 is 0. The summed E-state index contributed by atoms with van der Waals surface area (Å²) in [5.41, 5.74) is 2.34. The highest BCUT2D eigenvalue weighted by Gasteiger charge is 2.12. The van der Waals surface area contributed by atoms with Crippen molar-refractivity contribution in [2.75, 3.05) is 0 Å². The van der Waals surface area contributed by atoms with Crippen LogP contribution >= 0.6 is 22.9 Å². The second-order valence-electron chi connectivity index (χ2n) is 4.72. The number of hydrogen-bond acceptors (Lipinski definition) is 3. The Hall–Kier alpha value is -1.36. The van der Waals surface area contributed by atoms with Crippen LogP contribution in [0.3, 0.4) is 0 Å². The molecule has 0 fully saturated rings. The maximum Gasteiger partial charge on any atom is 0.109 e. The van der Waals surface area contributed by atoms with Gasteiger partial charge >= 0.3 is 0 Å². The monoisotopic (exact) mass is 305 g/mol. The van der Waals surface area contributed by atoms with Gasteiger partial charge in [-0.15, -0.1) is 11.3 Å². The van der Waals surface area contributed by atoms with Crippen molar-refractivity contribution in [3.8, 4) is 0 Å². The van der Waals surface area contributed by atoms with Gasteiger partial charge in [0.15, 0.2) is 0 Å². The number of nitrogens with zero attached hydrogens (tertiary/aromatic N) is 1. The predicted octanol–water partition coefficient (Wildman–Crippen LogP) is 4.52. The Labute approximate surface area is 127 Å². The number of hydrogen-bond donors (Lipinski definition) is 2. The maximum absolute atomic E-state index is 6.00. The summed E-state index contributed by atoms with van der Waals surface area (Å²) in [6.45, 7) is 2.99. The Morgan fingerprint density at radius 1 is 1.45 bits per heavy atom. The van der Waals surface area contributed by atoms with Crippen LogP contribution in [0.15, 0.2) is 36.0 Å². The van der Waals surface area contributed by atoms with Gasteiger partial charge in [0.25, 0.3) is 0 Å². The summed E-state index contributed by atoms with van der Waals surface area (Å²) in [4.78, 5) is 7.66. The van der Waals surface area contributed by atoms with E-state index in [1.54, 1.807) is 11.3 Å². The molecular weight excluding hydrogens is 290 g/mol. The topological polar surface area (TPSA) is 40.7 Å². The van der Waals surface area contributed by atoms with Gasteiger partial charge in [-0.25, -0.2) is 4.98 Å². The van der Waals surface area contributed by atoms with E-state index in [-0.39, 0.29) is 0 Å². The third kappa shape index (κ3) is 2.73. The lowest BCUT2D eigenvalue weighted by atomic mass is 10.1. The van der Waals surface area contributed by atoms with Gasteiger partial charge in [-0.2, -0.15) is 0 Å². The molecule has 0 aliphatic carbocycles. The average Bonchev–Trinajstić information content (AvgIpc) is 3.09. The highest BCUT2D eigenvalue weighted by atomic mass is 35.5. The number of benzene rings is 1. The molecule has 0 bridgehead atoms. The number of nitrogens with one attached hydrogen (secondary N) is 2. The van der Waals surface area contributed by atoms with Gasteiger partial charge < -0.3 is 10.3 Å². The van der Waals surface area contributed by atoms with Gasteiger partial charge in [-0.1, -0.05) is 24.6 Å². The normalized spacial score (nSPS) is 12.9. The van der Waals surface area contributed by atoms with Crippen LogP contribution in [0.5, 0.6) is 0 Å². The molecule has 20 heavy (non-hydrogen) atoms. The minimum atomic E-state index is 0.312. The smallest absolute Gasteiger partial charge is 0.109 e. The lowest BCUT2D eigenvalue weighted by Gasteiger charge is -2.13. The van der Waals surface area contributed by atoms with Crippen LogP contribution in [0.1, 0.15) is 30.0 Å². The van der Waals surface area contributed by atoms with Crippen LogP contribution in [0, 0.1) is 0 Å². The molecule has 1 atom stereocenters. The minimum Gasteiger partial charge on any atom is -0.361 e. The number of halogens is 1. The number of thiazole rings is 1. The Bertz CT molecular complexity index is 690. The Morgan fingerprint density at radius 3 is 3.10 bits per heavy atom. The molecule has 0 saturated heterocycles. The summed E-state index contributed by atoms with van der Waals surface area (Å²) in [5.74, 6) is 0. The largest absolute Gasteiger partial charge is 0.361 e. The van der Waals surface area contributed by atoms with E-state index >= 15 is 0 Å². The zero-order chi connectivity index (χ0) is 13.9. The van der Waals surface area contributed by atoms with Gasteiger partial charge in [0, 0.05) is 40.2 Å². The molecule has 2 N–H and O–H groups in total. The van der Waals surface area contributed by atoms with Crippen molar-refractivity contribution < 1.29 is 0 Å². The summed E-state index contributed by atoms with van der Waals surface area (Å²) in [5, 5.41) is 8.72. The van der Waals surface area contributed by atoms with E-state index in [4.69, 9.17) is 11.6 Å². The van der Waals surface area contributed by atoms with Gasteiger partial charge in [0.1, 0.15) is 5.01 Å². The molecule has 1 aromatic carbocycles. The van der Waals surface area contributed by atoms with Crippen molar-refractivity contribution in [3.05, 3.63) is 51.6 Å². The minimum absolute atomic E-state index is 0.312. The van der Waals surface area contributed by atoms with Crippen molar-refractivity contribution in [1.29, 1.82) is 0 Å². The van der Waals surface area contributed by atoms with E-state index in [2.05, 4.69) is 28.3 Å². The number of H-pyrrole nitrogens is 1. The van der Waals surface area contributed by atoms with Gasteiger partial charge in [0.05, 0.1) is 6.04 Å². The molecule has 0 aliphatic heterocycles. The SMILES string of the molecule is CCC(NCc1c[nH]c2cc(Cl)ccc12)c1nccs1. The maximum atomic E-state index is 6.00.